The molecule has 3 N–H and O–H groups in total. The fourth-order valence-electron chi connectivity index (χ4n) is 2.19. The monoisotopic (exact) mass is 278 g/mol. The van der Waals surface area contributed by atoms with Crippen molar-refractivity contribution in [3.63, 3.8) is 0 Å². The molecule has 2 rings (SSSR count). The lowest BCUT2D eigenvalue weighted by atomic mass is 10.1. The van der Waals surface area contributed by atoms with E-state index >= 15 is 0 Å². The Balaban J connectivity index is 2.08. The van der Waals surface area contributed by atoms with Gasteiger partial charge in [0.25, 0.3) is 0 Å². The van der Waals surface area contributed by atoms with E-state index in [0.717, 1.165) is 25.1 Å². The lowest BCUT2D eigenvalue weighted by Crippen LogP contribution is -2.21. The van der Waals surface area contributed by atoms with Crippen molar-refractivity contribution in [2.45, 2.75) is 38.9 Å². The average molecular weight is 278 g/mol. The summed E-state index contributed by atoms with van der Waals surface area (Å²) in [6.07, 6.45) is 2.20. The summed E-state index contributed by atoms with van der Waals surface area (Å²) in [4.78, 5) is 12.1. The highest BCUT2D eigenvalue weighted by Gasteiger charge is 2.18. The second-order valence-corrected chi connectivity index (χ2v) is 5.28. The van der Waals surface area contributed by atoms with Crippen LogP contribution >= 0.6 is 0 Å². The number of hydrogen-bond acceptors (Lipinski definition) is 5. The van der Waals surface area contributed by atoms with Gasteiger partial charge in [0.2, 0.25) is 0 Å². The molecule has 1 atom stereocenters. The highest BCUT2D eigenvalue weighted by Crippen LogP contribution is 2.22. The van der Waals surface area contributed by atoms with Crippen LogP contribution in [0.3, 0.4) is 0 Å². The maximum atomic E-state index is 12.1. The molecule has 1 aliphatic rings. The summed E-state index contributed by atoms with van der Waals surface area (Å²) in [5.41, 5.74) is 7.50. The first-order valence-electron chi connectivity index (χ1n) is 7.02. The summed E-state index contributed by atoms with van der Waals surface area (Å²) in [5.74, 6) is -0.359. The first kappa shape index (κ1) is 14.7. The van der Waals surface area contributed by atoms with Gasteiger partial charge in [0.15, 0.2) is 0 Å². The van der Waals surface area contributed by atoms with Gasteiger partial charge in [-0.05, 0) is 44.9 Å². The van der Waals surface area contributed by atoms with E-state index in [9.17, 15) is 4.79 Å². The van der Waals surface area contributed by atoms with Gasteiger partial charge in [-0.1, -0.05) is 0 Å². The zero-order valence-electron chi connectivity index (χ0n) is 12.0. The molecule has 1 aromatic carbocycles. The average Bonchev–Trinajstić information content (AvgIpc) is 2.89. The number of ether oxygens (including phenoxy) is 2. The van der Waals surface area contributed by atoms with Crippen LogP contribution in [0.1, 0.15) is 37.0 Å². The van der Waals surface area contributed by atoms with E-state index in [0.29, 0.717) is 17.8 Å². The number of nitrogens with two attached hydrogens (primary N) is 1. The molecule has 0 aliphatic carbocycles. The first-order valence-corrected chi connectivity index (χ1v) is 7.02. The predicted molar refractivity (Wildman–Crippen MR) is 78.9 cm³/mol. The van der Waals surface area contributed by atoms with Crippen LogP contribution < -0.4 is 11.1 Å². The Labute approximate surface area is 119 Å². The highest BCUT2D eigenvalue weighted by molar-refractivity contribution is 5.96. The van der Waals surface area contributed by atoms with Gasteiger partial charge in [-0.2, -0.15) is 0 Å². The van der Waals surface area contributed by atoms with Crippen molar-refractivity contribution in [3.8, 4) is 0 Å². The van der Waals surface area contributed by atoms with Crippen LogP contribution in [0.5, 0.6) is 0 Å². The summed E-state index contributed by atoms with van der Waals surface area (Å²) in [5, 5.41) is 3.26. The number of carbonyl (C=O) groups is 1. The van der Waals surface area contributed by atoms with Crippen molar-refractivity contribution in [1.29, 1.82) is 0 Å². The number of hydrogen-bond donors (Lipinski definition) is 2. The molecule has 110 valence electrons. The van der Waals surface area contributed by atoms with E-state index in [2.05, 4.69) is 5.32 Å². The normalized spacial score (nSPS) is 18.2. The third-order valence-corrected chi connectivity index (χ3v) is 3.15. The lowest BCUT2D eigenvalue weighted by Gasteiger charge is -2.16. The molecule has 0 unspecified atom stereocenters. The van der Waals surface area contributed by atoms with Crippen LogP contribution in [0, 0.1) is 0 Å². The molecule has 0 aromatic heterocycles. The molecule has 5 nitrogen and oxygen atoms in total. The van der Waals surface area contributed by atoms with Crippen LogP contribution in [-0.4, -0.2) is 31.3 Å². The van der Waals surface area contributed by atoms with Crippen molar-refractivity contribution in [3.05, 3.63) is 23.8 Å². The molecule has 5 heteroatoms. The Hall–Kier alpha value is -1.75. The van der Waals surface area contributed by atoms with Crippen LogP contribution in [0.4, 0.5) is 11.4 Å². The topological polar surface area (TPSA) is 73.6 Å². The maximum Gasteiger partial charge on any atom is 0.340 e. The van der Waals surface area contributed by atoms with Crippen molar-refractivity contribution >= 4 is 17.3 Å². The number of carbonyl (C=O) groups excluding carboxylic acids is 1. The van der Waals surface area contributed by atoms with Crippen LogP contribution in [0.2, 0.25) is 0 Å². The Bertz CT molecular complexity index is 468. The van der Waals surface area contributed by atoms with Gasteiger partial charge >= 0.3 is 5.97 Å². The van der Waals surface area contributed by atoms with Gasteiger partial charge in [-0.3, -0.25) is 0 Å². The minimum atomic E-state index is -0.359. The number of nitrogens with one attached hydrogen (secondary N) is 1. The second-order valence-electron chi connectivity index (χ2n) is 5.28. The Morgan fingerprint density at radius 2 is 2.35 bits per heavy atom. The number of benzene rings is 1. The van der Waals surface area contributed by atoms with Gasteiger partial charge in [0, 0.05) is 24.5 Å². The second kappa shape index (κ2) is 6.61. The van der Waals surface area contributed by atoms with Gasteiger partial charge in [-0.15, -0.1) is 0 Å². The van der Waals surface area contributed by atoms with E-state index in [1.807, 2.05) is 13.8 Å². The molecule has 0 bridgehead atoms. The zero-order valence-corrected chi connectivity index (χ0v) is 12.0. The standard InChI is InChI=1S/C15H22N2O3/c1-10(2)20-15(18)13-8-11(16)5-6-14(13)17-9-12-4-3-7-19-12/h5-6,8,10,12,17H,3-4,7,9,16H2,1-2H3/t12-/m0/s1. The van der Waals surface area contributed by atoms with Crippen LogP contribution in [-0.2, 0) is 9.47 Å². The summed E-state index contributed by atoms with van der Waals surface area (Å²) < 4.78 is 10.8. The van der Waals surface area contributed by atoms with E-state index < -0.39 is 0 Å². The van der Waals surface area contributed by atoms with Gasteiger partial charge in [0.05, 0.1) is 17.8 Å². The highest BCUT2D eigenvalue weighted by atomic mass is 16.5. The Kier molecular flexibility index (Phi) is 4.84. The summed E-state index contributed by atoms with van der Waals surface area (Å²) in [6.45, 7) is 5.15. The third kappa shape index (κ3) is 3.87. The molecular weight excluding hydrogens is 256 g/mol. The fraction of sp³-hybridized carbons (Fsp3) is 0.533. The van der Waals surface area contributed by atoms with E-state index in [1.54, 1.807) is 18.2 Å². The third-order valence-electron chi connectivity index (χ3n) is 3.15. The van der Waals surface area contributed by atoms with E-state index in [4.69, 9.17) is 15.2 Å². The fourth-order valence-corrected chi connectivity index (χ4v) is 2.19. The quantitative estimate of drug-likeness (QED) is 0.639. The predicted octanol–water partition coefficient (Wildman–Crippen LogP) is 2.42. The number of nitrogen functional groups attached to an aromatic ring is 1. The van der Waals surface area contributed by atoms with Crippen molar-refractivity contribution in [2.24, 2.45) is 0 Å². The maximum absolute atomic E-state index is 12.1. The van der Waals surface area contributed by atoms with Gasteiger partial charge in [0.1, 0.15) is 0 Å². The minimum Gasteiger partial charge on any atom is -0.459 e. The lowest BCUT2D eigenvalue weighted by molar-refractivity contribution is 0.0379. The van der Waals surface area contributed by atoms with Crippen molar-refractivity contribution in [1.82, 2.24) is 0 Å². The Morgan fingerprint density at radius 3 is 3.00 bits per heavy atom. The van der Waals surface area contributed by atoms with E-state index in [1.165, 1.54) is 0 Å². The van der Waals surface area contributed by atoms with Gasteiger partial charge in [-0.25, -0.2) is 4.79 Å². The smallest absolute Gasteiger partial charge is 0.340 e. The number of anilines is 2. The van der Waals surface area contributed by atoms with Gasteiger partial charge < -0.3 is 20.5 Å². The largest absolute Gasteiger partial charge is 0.459 e. The van der Waals surface area contributed by atoms with E-state index in [-0.39, 0.29) is 18.2 Å². The van der Waals surface area contributed by atoms with Crippen LogP contribution in [0.15, 0.2) is 18.2 Å². The molecule has 1 aliphatic heterocycles. The first-order chi connectivity index (χ1) is 9.56. The molecule has 0 spiro atoms. The molecule has 1 fully saturated rings. The van der Waals surface area contributed by atoms with Crippen molar-refractivity contribution < 1.29 is 14.3 Å². The molecule has 1 saturated heterocycles. The SMILES string of the molecule is CC(C)OC(=O)c1cc(N)ccc1NC[C@@H]1CCCO1. The molecule has 0 amide bonds. The summed E-state index contributed by atoms with van der Waals surface area (Å²) in [7, 11) is 0. The molecule has 0 radical (unpaired) electrons. The number of esters is 1. The zero-order chi connectivity index (χ0) is 14.5. The molecular formula is C15H22N2O3. The minimum absolute atomic E-state index is 0.157. The summed E-state index contributed by atoms with van der Waals surface area (Å²) >= 11 is 0. The Morgan fingerprint density at radius 1 is 1.55 bits per heavy atom. The molecule has 1 aromatic rings. The number of rotatable bonds is 5. The molecule has 1 heterocycles. The molecule has 20 heavy (non-hydrogen) atoms. The van der Waals surface area contributed by atoms with Crippen molar-refractivity contribution in [2.75, 3.05) is 24.2 Å². The summed E-state index contributed by atoms with van der Waals surface area (Å²) in [6, 6.07) is 5.22. The molecule has 0 saturated carbocycles. The van der Waals surface area contributed by atoms with Crippen LogP contribution in [0.25, 0.3) is 0 Å².